The molecule has 0 N–H and O–H groups in total. The van der Waals surface area contributed by atoms with Crippen molar-refractivity contribution in [1.82, 2.24) is 0 Å². The molecule has 0 fully saturated rings. The summed E-state index contributed by atoms with van der Waals surface area (Å²) in [5, 5.41) is 0. The number of carbonyl (C=O) groups excluding carboxylic acids is 1. The minimum absolute atomic E-state index is 0.227. The number of esters is 1. The summed E-state index contributed by atoms with van der Waals surface area (Å²) in [7, 11) is 0. The second-order valence-electron chi connectivity index (χ2n) is 2.61. The smallest absolute Gasteiger partial charge is 0.302 e. The van der Waals surface area contributed by atoms with Gasteiger partial charge in [0.25, 0.3) is 0 Å². The molecule has 0 radical (unpaired) electrons. The highest BCUT2D eigenvalue weighted by molar-refractivity contribution is 5.65. The zero-order valence-corrected chi connectivity index (χ0v) is 7.42. The van der Waals surface area contributed by atoms with Gasteiger partial charge in [-0.05, 0) is 13.8 Å². The lowest BCUT2D eigenvalue weighted by Gasteiger charge is -2.06. The third-order valence-electron chi connectivity index (χ3n) is 1.05. The van der Waals surface area contributed by atoms with Gasteiger partial charge in [0.15, 0.2) is 0 Å². The van der Waals surface area contributed by atoms with Crippen LogP contribution in [0.25, 0.3) is 0 Å². The molecule has 66 valence electrons. The van der Waals surface area contributed by atoms with Crippen LogP contribution < -0.4 is 0 Å². The molecule has 0 unspecified atom stereocenters. The Morgan fingerprint density at radius 1 is 1.36 bits per heavy atom. The Balaban J connectivity index is 2.97. The van der Waals surface area contributed by atoms with Crippen molar-refractivity contribution in [3.8, 4) is 0 Å². The lowest BCUT2D eigenvalue weighted by Crippen LogP contribution is -2.08. The summed E-state index contributed by atoms with van der Waals surface area (Å²) in [6, 6.07) is 0. The lowest BCUT2D eigenvalue weighted by atomic mass is 10.4. The normalized spacial score (nSPS) is 10.2. The molecular weight excluding hydrogens is 144 g/mol. The quantitative estimate of drug-likeness (QED) is 0.450. The summed E-state index contributed by atoms with van der Waals surface area (Å²) in [6.07, 6.45) is 1.03. The van der Waals surface area contributed by atoms with E-state index in [2.05, 4.69) is 0 Å². The van der Waals surface area contributed by atoms with Crippen LogP contribution in [0.4, 0.5) is 0 Å². The van der Waals surface area contributed by atoms with E-state index in [9.17, 15) is 4.79 Å². The van der Waals surface area contributed by atoms with E-state index in [1.807, 2.05) is 13.8 Å². The second-order valence-corrected chi connectivity index (χ2v) is 2.61. The number of hydrogen-bond acceptors (Lipinski definition) is 3. The minimum atomic E-state index is -0.227. The Bertz CT molecular complexity index is 110. The number of hydrogen-bond donors (Lipinski definition) is 0. The summed E-state index contributed by atoms with van der Waals surface area (Å²) in [5.74, 6) is -0.227. The largest absolute Gasteiger partial charge is 0.466 e. The molecule has 0 heterocycles. The molecule has 3 heteroatoms. The first-order valence-corrected chi connectivity index (χ1v) is 3.88. The fourth-order valence-electron chi connectivity index (χ4n) is 0.594. The van der Waals surface area contributed by atoms with Gasteiger partial charge in [-0.3, -0.25) is 4.79 Å². The molecule has 11 heavy (non-hydrogen) atoms. The van der Waals surface area contributed by atoms with Crippen LogP contribution in [0.2, 0.25) is 0 Å². The van der Waals surface area contributed by atoms with Crippen molar-refractivity contribution >= 4 is 5.97 Å². The van der Waals surface area contributed by atoms with Crippen LogP contribution in [-0.2, 0) is 14.3 Å². The highest BCUT2D eigenvalue weighted by atomic mass is 16.5. The van der Waals surface area contributed by atoms with Gasteiger partial charge in [0.2, 0.25) is 0 Å². The Labute approximate surface area is 67.7 Å². The average Bonchev–Trinajstić information content (AvgIpc) is 1.85. The maximum Gasteiger partial charge on any atom is 0.302 e. The molecule has 0 saturated carbocycles. The minimum Gasteiger partial charge on any atom is -0.466 e. The Hall–Kier alpha value is -0.570. The van der Waals surface area contributed by atoms with Crippen LogP contribution in [0.3, 0.4) is 0 Å². The van der Waals surface area contributed by atoms with Crippen LogP contribution in [0.15, 0.2) is 0 Å². The van der Waals surface area contributed by atoms with Crippen LogP contribution >= 0.6 is 0 Å². The first-order valence-electron chi connectivity index (χ1n) is 3.88. The van der Waals surface area contributed by atoms with Gasteiger partial charge < -0.3 is 9.47 Å². The topological polar surface area (TPSA) is 35.5 Å². The van der Waals surface area contributed by atoms with Gasteiger partial charge in [-0.1, -0.05) is 0 Å². The molecule has 0 bridgehead atoms. The SMILES string of the molecule is CC(=O)OCCCOC(C)C. The average molecular weight is 160 g/mol. The van der Waals surface area contributed by atoms with Crippen LogP contribution in [0, 0.1) is 0 Å². The van der Waals surface area contributed by atoms with E-state index in [0.29, 0.717) is 13.2 Å². The van der Waals surface area contributed by atoms with Gasteiger partial charge in [-0.25, -0.2) is 0 Å². The Morgan fingerprint density at radius 3 is 2.45 bits per heavy atom. The molecular formula is C8H16O3. The van der Waals surface area contributed by atoms with Crippen LogP contribution in [-0.4, -0.2) is 25.3 Å². The molecule has 0 aliphatic carbocycles. The summed E-state index contributed by atoms with van der Waals surface area (Å²) in [4.78, 5) is 10.3. The maximum absolute atomic E-state index is 10.3. The number of carbonyl (C=O) groups is 1. The van der Waals surface area contributed by atoms with Gasteiger partial charge >= 0.3 is 5.97 Å². The molecule has 0 saturated heterocycles. The van der Waals surface area contributed by atoms with E-state index in [4.69, 9.17) is 9.47 Å². The van der Waals surface area contributed by atoms with Gasteiger partial charge in [0.1, 0.15) is 0 Å². The summed E-state index contributed by atoms with van der Waals surface area (Å²) < 4.78 is 9.94. The molecule has 0 atom stereocenters. The zero-order valence-electron chi connectivity index (χ0n) is 7.42. The summed E-state index contributed by atoms with van der Waals surface area (Å²) >= 11 is 0. The Kier molecular flexibility index (Phi) is 5.84. The summed E-state index contributed by atoms with van der Waals surface area (Å²) in [5.41, 5.74) is 0. The van der Waals surface area contributed by atoms with Gasteiger partial charge in [0, 0.05) is 13.3 Å². The fourth-order valence-corrected chi connectivity index (χ4v) is 0.594. The molecule has 3 nitrogen and oxygen atoms in total. The fraction of sp³-hybridized carbons (Fsp3) is 0.875. The molecule has 0 aromatic rings. The number of rotatable bonds is 5. The maximum atomic E-state index is 10.3. The molecule has 0 aromatic carbocycles. The monoisotopic (exact) mass is 160 g/mol. The van der Waals surface area contributed by atoms with Crippen molar-refractivity contribution in [1.29, 1.82) is 0 Å². The van der Waals surface area contributed by atoms with E-state index in [0.717, 1.165) is 6.42 Å². The molecule has 0 spiro atoms. The first kappa shape index (κ1) is 10.4. The van der Waals surface area contributed by atoms with Crippen molar-refractivity contribution in [3.05, 3.63) is 0 Å². The highest BCUT2D eigenvalue weighted by Gasteiger charge is 1.94. The predicted molar refractivity (Wildman–Crippen MR) is 42.3 cm³/mol. The van der Waals surface area contributed by atoms with E-state index in [1.54, 1.807) is 0 Å². The van der Waals surface area contributed by atoms with Crippen molar-refractivity contribution in [2.75, 3.05) is 13.2 Å². The molecule has 0 amide bonds. The van der Waals surface area contributed by atoms with E-state index in [-0.39, 0.29) is 12.1 Å². The highest BCUT2D eigenvalue weighted by Crippen LogP contribution is 1.90. The van der Waals surface area contributed by atoms with Crippen molar-refractivity contribution in [3.63, 3.8) is 0 Å². The standard InChI is InChI=1S/C8H16O3/c1-7(2)10-5-4-6-11-8(3)9/h7H,4-6H2,1-3H3. The third kappa shape index (κ3) is 9.43. The molecule has 0 aliphatic heterocycles. The molecule has 0 rings (SSSR count). The van der Waals surface area contributed by atoms with Crippen molar-refractivity contribution in [2.24, 2.45) is 0 Å². The Morgan fingerprint density at radius 2 is 2.00 bits per heavy atom. The van der Waals surface area contributed by atoms with E-state index >= 15 is 0 Å². The first-order chi connectivity index (χ1) is 5.13. The number of ether oxygens (including phenoxy) is 2. The third-order valence-corrected chi connectivity index (χ3v) is 1.05. The second kappa shape index (κ2) is 6.16. The van der Waals surface area contributed by atoms with E-state index in [1.165, 1.54) is 6.92 Å². The zero-order chi connectivity index (χ0) is 8.69. The van der Waals surface area contributed by atoms with Gasteiger partial charge in [-0.2, -0.15) is 0 Å². The van der Waals surface area contributed by atoms with Crippen LogP contribution in [0.1, 0.15) is 27.2 Å². The summed E-state index contributed by atoms with van der Waals surface area (Å²) in [6.45, 7) is 6.48. The molecule has 0 aliphatic rings. The van der Waals surface area contributed by atoms with Gasteiger partial charge in [-0.15, -0.1) is 0 Å². The predicted octanol–water partition coefficient (Wildman–Crippen LogP) is 1.36. The molecule has 0 aromatic heterocycles. The van der Waals surface area contributed by atoms with Crippen molar-refractivity contribution in [2.45, 2.75) is 33.3 Å². The lowest BCUT2D eigenvalue weighted by molar-refractivity contribution is -0.141. The van der Waals surface area contributed by atoms with Crippen molar-refractivity contribution < 1.29 is 14.3 Å². The van der Waals surface area contributed by atoms with E-state index < -0.39 is 0 Å². The van der Waals surface area contributed by atoms with Crippen LogP contribution in [0.5, 0.6) is 0 Å². The van der Waals surface area contributed by atoms with Gasteiger partial charge in [0.05, 0.1) is 19.3 Å².